The molecule has 1 aromatic heterocycles. The van der Waals surface area contributed by atoms with E-state index in [1.165, 1.54) is 16.9 Å². The molecule has 16 heavy (non-hydrogen) atoms. The maximum Gasteiger partial charge on any atom is 0.129 e. The molecule has 0 N–H and O–H groups in total. The molecule has 4 heteroatoms. The highest BCUT2D eigenvalue weighted by Crippen LogP contribution is 2.36. The van der Waals surface area contributed by atoms with E-state index in [0.29, 0.717) is 0 Å². The first kappa shape index (κ1) is 11.4. The van der Waals surface area contributed by atoms with Crippen molar-refractivity contribution in [2.75, 3.05) is 7.11 Å². The van der Waals surface area contributed by atoms with Crippen molar-refractivity contribution >= 4 is 22.9 Å². The van der Waals surface area contributed by atoms with Gasteiger partial charge in [0.25, 0.3) is 0 Å². The Bertz CT molecular complexity index is 502. The lowest BCUT2D eigenvalue weighted by molar-refractivity contribution is 0.416. The average molecular weight is 254 g/mol. The third kappa shape index (κ3) is 2.06. The quantitative estimate of drug-likeness (QED) is 0.804. The Morgan fingerprint density at radius 2 is 2.06 bits per heavy atom. The molecule has 0 fully saturated rings. The largest absolute Gasteiger partial charge is 0.496 e. The number of benzene rings is 1. The van der Waals surface area contributed by atoms with Crippen LogP contribution in [0.4, 0.5) is 0 Å². The van der Waals surface area contributed by atoms with Gasteiger partial charge in [0.2, 0.25) is 0 Å². The summed E-state index contributed by atoms with van der Waals surface area (Å²) in [5.41, 5.74) is 3.05. The molecule has 0 saturated carbocycles. The maximum absolute atomic E-state index is 6.03. The number of thiazole rings is 1. The summed E-state index contributed by atoms with van der Waals surface area (Å²) in [6.45, 7) is 3.95. The van der Waals surface area contributed by atoms with Gasteiger partial charge in [0, 0.05) is 0 Å². The van der Waals surface area contributed by atoms with Gasteiger partial charge in [-0.1, -0.05) is 23.2 Å². The Kier molecular flexibility index (Phi) is 3.17. The van der Waals surface area contributed by atoms with E-state index in [-0.39, 0.29) is 0 Å². The van der Waals surface area contributed by atoms with Crippen molar-refractivity contribution in [3.8, 4) is 16.3 Å². The van der Waals surface area contributed by atoms with Gasteiger partial charge < -0.3 is 4.74 Å². The fourth-order valence-corrected chi connectivity index (χ4v) is 2.56. The molecule has 1 aromatic carbocycles. The molecule has 1 heterocycles. The van der Waals surface area contributed by atoms with E-state index >= 15 is 0 Å². The zero-order chi connectivity index (χ0) is 11.7. The normalized spacial score (nSPS) is 10.5. The van der Waals surface area contributed by atoms with Gasteiger partial charge in [-0.25, -0.2) is 4.98 Å². The lowest BCUT2D eigenvalue weighted by Crippen LogP contribution is -1.88. The minimum Gasteiger partial charge on any atom is -0.496 e. The van der Waals surface area contributed by atoms with Crippen LogP contribution < -0.4 is 4.74 Å². The molecule has 0 radical (unpaired) electrons. The van der Waals surface area contributed by atoms with E-state index in [4.69, 9.17) is 16.3 Å². The molecule has 0 atom stereocenters. The summed E-state index contributed by atoms with van der Waals surface area (Å²) in [6.07, 6.45) is 0. The molecule has 0 amide bonds. The maximum atomic E-state index is 6.03. The monoisotopic (exact) mass is 253 g/mol. The summed E-state index contributed by atoms with van der Waals surface area (Å²) >= 11 is 7.51. The first-order chi connectivity index (χ1) is 7.61. The van der Waals surface area contributed by atoms with Crippen LogP contribution in [-0.4, -0.2) is 12.1 Å². The number of ether oxygens (including phenoxy) is 1. The highest BCUT2D eigenvalue weighted by Gasteiger charge is 2.12. The van der Waals surface area contributed by atoms with Gasteiger partial charge >= 0.3 is 0 Å². The average Bonchev–Trinajstić information content (AvgIpc) is 2.59. The third-order valence-corrected chi connectivity index (χ3v) is 3.81. The fraction of sp³-hybridized carbons (Fsp3) is 0.250. The molecule has 2 aromatic rings. The molecule has 0 bridgehead atoms. The van der Waals surface area contributed by atoms with E-state index in [9.17, 15) is 0 Å². The summed E-state index contributed by atoms with van der Waals surface area (Å²) in [5.74, 6) is 0.830. The first-order valence-corrected chi connectivity index (χ1v) is 6.09. The Hall–Kier alpha value is -1.06. The van der Waals surface area contributed by atoms with Crippen LogP contribution >= 0.6 is 22.9 Å². The summed E-state index contributed by atoms with van der Waals surface area (Å²) in [5, 5.41) is 0.906. The van der Waals surface area contributed by atoms with Crippen molar-refractivity contribution < 1.29 is 4.74 Å². The molecule has 0 aliphatic carbocycles. The number of rotatable bonds is 2. The van der Waals surface area contributed by atoms with Crippen molar-refractivity contribution in [3.05, 3.63) is 33.8 Å². The van der Waals surface area contributed by atoms with Crippen molar-refractivity contribution in [2.45, 2.75) is 13.8 Å². The summed E-state index contributed by atoms with van der Waals surface area (Å²) in [6, 6.07) is 6.03. The van der Waals surface area contributed by atoms with Crippen LogP contribution in [0.25, 0.3) is 10.6 Å². The number of hydrogen-bond acceptors (Lipinski definition) is 3. The van der Waals surface area contributed by atoms with Gasteiger partial charge in [0.1, 0.15) is 15.1 Å². The van der Waals surface area contributed by atoms with Crippen LogP contribution in [0.15, 0.2) is 18.2 Å². The van der Waals surface area contributed by atoms with Crippen LogP contribution in [-0.2, 0) is 0 Å². The Labute approximate surface area is 104 Å². The second-order valence-corrected chi connectivity index (χ2v) is 5.18. The molecule has 0 unspecified atom stereocenters. The first-order valence-electron chi connectivity index (χ1n) is 4.89. The molecule has 0 saturated heterocycles. The summed E-state index contributed by atoms with van der Waals surface area (Å²) in [7, 11) is 1.66. The van der Waals surface area contributed by atoms with Gasteiger partial charge in [-0.3, -0.25) is 0 Å². The summed E-state index contributed by atoms with van der Waals surface area (Å²) < 4.78 is 6.06. The molecular formula is C12H12ClNOS. The number of aryl methyl sites for hydroxylation is 2. The highest BCUT2D eigenvalue weighted by molar-refractivity contribution is 7.19. The Balaban J connectivity index is 2.57. The smallest absolute Gasteiger partial charge is 0.129 e. The van der Waals surface area contributed by atoms with Gasteiger partial charge in [-0.05, 0) is 26.0 Å². The van der Waals surface area contributed by atoms with Gasteiger partial charge in [0.15, 0.2) is 0 Å². The predicted molar refractivity (Wildman–Crippen MR) is 68.6 cm³/mol. The number of halogens is 1. The predicted octanol–water partition coefficient (Wildman–Crippen LogP) is 4.09. The SMILES string of the molecule is COc1ccc(C)cc1-c1nc(C)c(Cl)s1. The van der Waals surface area contributed by atoms with Crippen LogP contribution in [0.1, 0.15) is 11.3 Å². The van der Waals surface area contributed by atoms with Crippen molar-refractivity contribution in [1.29, 1.82) is 0 Å². The summed E-state index contributed by atoms with van der Waals surface area (Å²) in [4.78, 5) is 4.44. The van der Waals surface area contributed by atoms with Gasteiger partial charge in [0.05, 0.1) is 18.4 Å². The minimum atomic E-state index is 0.735. The van der Waals surface area contributed by atoms with Crippen LogP contribution in [0.2, 0.25) is 4.34 Å². The molecular weight excluding hydrogens is 242 g/mol. The molecule has 0 aliphatic heterocycles. The topological polar surface area (TPSA) is 22.1 Å². The number of aromatic nitrogens is 1. The van der Waals surface area contributed by atoms with Crippen molar-refractivity contribution in [2.24, 2.45) is 0 Å². The van der Waals surface area contributed by atoms with Crippen molar-refractivity contribution in [1.82, 2.24) is 4.98 Å². The zero-order valence-electron chi connectivity index (χ0n) is 9.37. The van der Waals surface area contributed by atoms with Crippen LogP contribution in [0.3, 0.4) is 0 Å². The van der Waals surface area contributed by atoms with Gasteiger partial charge in [-0.2, -0.15) is 0 Å². The molecule has 2 rings (SSSR count). The van der Waals surface area contributed by atoms with Crippen molar-refractivity contribution in [3.63, 3.8) is 0 Å². The molecule has 2 nitrogen and oxygen atoms in total. The third-order valence-electron chi connectivity index (χ3n) is 2.33. The van der Waals surface area contributed by atoms with E-state index in [1.807, 2.05) is 26.0 Å². The van der Waals surface area contributed by atoms with E-state index in [2.05, 4.69) is 11.1 Å². The van der Waals surface area contributed by atoms with Gasteiger partial charge in [-0.15, -0.1) is 11.3 Å². The van der Waals surface area contributed by atoms with E-state index in [0.717, 1.165) is 26.4 Å². The van der Waals surface area contributed by atoms with Crippen LogP contribution in [0, 0.1) is 13.8 Å². The zero-order valence-corrected chi connectivity index (χ0v) is 10.9. The number of nitrogens with zero attached hydrogens (tertiary/aromatic N) is 1. The lowest BCUT2D eigenvalue weighted by atomic mass is 10.1. The lowest BCUT2D eigenvalue weighted by Gasteiger charge is -2.06. The highest BCUT2D eigenvalue weighted by atomic mass is 35.5. The van der Waals surface area contributed by atoms with E-state index in [1.54, 1.807) is 7.11 Å². The second kappa shape index (κ2) is 4.44. The molecule has 0 aliphatic rings. The second-order valence-electron chi connectivity index (χ2n) is 3.58. The fourth-order valence-electron chi connectivity index (χ4n) is 1.48. The number of hydrogen-bond donors (Lipinski definition) is 0. The Morgan fingerprint density at radius 1 is 1.31 bits per heavy atom. The Morgan fingerprint density at radius 3 is 2.62 bits per heavy atom. The number of methoxy groups -OCH3 is 1. The minimum absolute atomic E-state index is 0.735. The standard InChI is InChI=1S/C12H12ClNOS/c1-7-4-5-10(15-3)9(6-7)12-14-8(2)11(13)16-12/h4-6H,1-3H3. The van der Waals surface area contributed by atoms with Crippen LogP contribution in [0.5, 0.6) is 5.75 Å². The molecule has 84 valence electrons. The van der Waals surface area contributed by atoms with E-state index < -0.39 is 0 Å². The molecule has 0 spiro atoms.